The third kappa shape index (κ3) is 6.51. The molecule has 1 aliphatic carbocycles. The van der Waals surface area contributed by atoms with E-state index >= 15 is 0 Å². The number of pyridine rings is 2. The molecule has 3 aromatic rings. The van der Waals surface area contributed by atoms with Gasteiger partial charge in [0, 0.05) is 36.5 Å². The molecule has 0 amide bonds. The van der Waals surface area contributed by atoms with Crippen LogP contribution in [0.2, 0.25) is 0 Å². The van der Waals surface area contributed by atoms with Crippen LogP contribution in [-0.2, 0) is 0 Å². The highest BCUT2D eigenvalue weighted by molar-refractivity contribution is 5.95. The van der Waals surface area contributed by atoms with Crippen LogP contribution in [-0.4, -0.2) is 22.4 Å². The topological polar surface area (TPSA) is 61.3 Å². The van der Waals surface area contributed by atoms with Gasteiger partial charge in [0.2, 0.25) is 11.8 Å². The lowest BCUT2D eigenvalue weighted by Gasteiger charge is -2.23. The summed E-state index contributed by atoms with van der Waals surface area (Å²) >= 11 is 0. The van der Waals surface area contributed by atoms with Crippen molar-refractivity contribution >= 4 is 11.9 Å². The quantitative estimate of drug-likeness (QED) is 0.358. The second kappa shape index (κ2) is 10.9. The first-order valence-electron chi connectivity index (χ1n) is 11.6. The SMILES string of the molecule is CCOc1ccc(C(=O)CC2CCC(=Cc3cccc(Oc4ccc(C)cn4)c3)CC2)cn1. The van der Waals surface area contributed by atoms with Gasteiger partial charge < -0.3 is 9.47 Å². The van der Waals surface area contributed by atoms with Crippen molar-refractivity contribution in [3.8, 4) is 17.5 Å². The summed E-state index contributed by atoms with van der Waals surface area (Å²) in [6, 6.07) is 15.5. The number of benzene rings is 1. The van der Waals surface area contributed by atoms with Gasteiger partial charge in [-0.05, 0) is 74.8 Å². The second-order valence-electron chi connectivity index (χ2n) is 8.54. The minimum Gasteiger partial charge on any atom is -0.478 e. The number of Topliss-reactive ketones (excluding diaryl/α,β-unsaturated/α-hetero) is 1. The van der Waals surface area contributed by atoms with E-state index in [1.807, 2.05) is 50.2 Å². The van der Waals surface area contributed by atoms with E-state index in [1.54, 1.807) is 18.5 Å². The fourth-order valence-corrected chi connectivity index (χ4v) is 4.09. The summed E-state index contributed by atoms with van der Waals surface area (Å²) in [6.45, 7) is 4.49. The van der Waals surface area contributed by atoms with Crippen LogP contribution in [0.25, 0.3) is 6.08 Å². The highest BCUT2D eigenvalue weighted by Gasteiger charge is 2.20. The molecule has 0 bridgehead atoms. The number of aryl methyl sites for hydroxylation is 1. The number of hydrogen-bond acceptors (Lipinski definition) is 5. The van der Waals surface area contributed by atoms with E-state index < -0.39 is 0 Å². The van der Waals surface area contributed by atoms with Crippen LogP contribution in [0.4, 0.5) is 0 Å². The maximum Gasteiger partial charge on any atom is 0.219 e. The molecule has 33 heavy (non-hydrogen) atoms. The molecule has 0 atom stereocenters. The first-order valence-corrected chi connectivity index (χ1v) is 11.6. The maximum atomic E-state index is 12.6. The molecule has 0 unspecified atom stereocenters. The number of hydrogen-bond donors (Lipinski definition) is 0. The van der Waals surface area contributed by atoms with Crippen LogP contribution in [0, 0.1) is 12.8 Å². The van der Waals surface area contributed by atoms with Gasteiger partial charge in [0.25, 0.3) is 0 Å². The zero-order chi connectivity index (χ0) is 23.0. The third-order valence-electron chi connectivity index (χ3n) is 5.91. The average molecular weight is 443 g/mol. The summed E-state index contributed by atoms with van der Waals surface area (Å²) in [7, 11) is 0. The number of rotatable bonds is 8. The zero-order valence-corrected chi connectivity index (χ0v) is 19.3. The minimum atomic E-state index is 0.164. The lowest BCUT2D eigenvalue weighted by atomic mass is 9.82. The van der Waals surface area contributed by atoms with Gasteiger partial charge in [0.05, 0.1) is 6.61 Å². The van der Waals surface area contributed by atoms with Crippen molar-refractivity contribution < 1.29 is 14.3 Å². The monoisotopic (exact) mass is 442 g/mol. The van der Waals surface area contributed by atoms with Gasteiger partial charge in [0.1, 0.15) is 5.75 Å². The smallest absolute Gasteiger partial charge is 0.219 e. The predicted molar refractivity (Wildman–Crippen MR) is 130 cm³/mol. The molecule has 0 N–H and O–H groups in total. The number of allylic oxidation sites excluding steroid dienone is 1. The molecule has 2 heterocycles. The molecule has 0 radical (unpaired) electrons. The maximum absolute atomic E-state index is 12.6. The Kier molecular flexibility index (Phi) is 7.51. The average Bonchev–Trinajstić information content (AvgIpc) is 2.83. The van der Waals surface area contributed by atoms with Crippen LogP contribution in [0.3, 0.4) is 0 Å². The van der Waals surface area contributed by atoms with Crippen molar-refractivity contribution in [1.82, 2.24) is 9.97 Å². The van der Waals surface area contributed by atoms with E-state index in [-0.39, 0.29) is 5.78 Å². The fourth-order valence-electron chi connectivity index (χ4n) is 4.09. The Morgan fingerprint density at radius 2 is 1.82 bits per heavy atom. The van der Waals surface area contributed by atoms with Gasteiger partial charge in [-0.15, -0.1) is 0 Å². The first-order chi connectivity index (χ1) is 16.1. The molecule has 5 heteroatoms. The van der Waals surface area contributed by atoms with Crippen molar-refractivity contribution in [1.29, 1.82) is 0 Å². The summed E-state index contributed by atoms with van der Waals surface area (Å²) in [6.07, 6.45) is 10.4. The van der Waals surface area contributed by atoms with Gasteiger partial charge in [-0.2, -0.15) is 0 Å². The number of carbonyl (C=O) groups excluding carboxylic acids is 1. The van der Waals surface area contributed by atoms with Gasteiger partial charge in [-0.25, -0.2) is 9.97 Å². The van der Waals surface area contributed by atoms with E-state index in [9.17, 15) is 4.79 Å². The molecule has 2 aromatic heterocycles. The summed E-state index contributed by atoms with van der Waals surface area (Å²) in [5, 5.41) is 0. The second-order valence-corrected chi connectivity index (χ2v) is 8.54. The highest BCUT2D eigenvalue weighted by atomic mass is 16.5. The Morgan fingerprint density at radius 1 is 1.03 bits per heavy atom. The molecule has 0 aliphatic heterocycles. The molecular formula is C28H30N2O3. The van der Waals surface area contributed by atoms with Crippen molar-refractivity contribution in [3.05, 3.63) is 83.2 Å². The summed E-state index contributed by atoms with van der Waals surface area (Å²) < 4.78 is 11.2. The Morgan fingerprint density at radius 3 is 2.52 bits per heavy atom. The molecule has 4 rings (SSSR count). The van der Waals surface area contributed by atoms with Crippen LogP contribution in [0.1, 0.15) is 60.5 Å². The number of carbonyl (C=O) groups is 1. The minimum absolute atomic E-state index is 0.164. The molecule has 1 aliphatic rings. The highest BCUT2D eigenvalue weighted by Crippen LogP contribution is 2.33. The molecule has 1 aromatic carbocycles. The summed E-state index contributed by atoms with van der Waals surface area (Å²) in [4.78, 5) is 21.2. The Hall–Kier alpha value is -3.47. The third-order valence-corrected chi connectivity index (χ3v) is 5.91. The van der Waals surface area contributed by atoms with Crippen LogP contribution >= 0.6 is 0 Å². The van der Waals surface area contributed by atoms with Gasteiger partial charge in [-0.3, -0.25) is 4.79 Å². The fraction of sp³-hybridized carbons (Fsp3) is 0.321. The Bertz CT molecular complexity index is 1090. The van der Waals surface area contributed by atoms with Crippen LogP contribution in [0.15, 0.2) is 66.5 Å². The lowest BCUT2D eigenvalue weighted by molar-refractivity contribution is 0.0953. The molecule has 170 valence electrons. The zero-order valence-electron chi connectivity index (χ0n) is 19.3. The molecule has 0 saturated heterocycles. The number of ether oxygens (including phenoxy) is 2. The summed E-state index contributed by atoms with van der Waals surface area (Å²) in [5.74, 6) is 2.52. The number of ketones is 1. The number of aromatic nitrogens is 2. The van der Waals surface area contributed by atoms with Gasteiger partial charge >= 0.3 is 0 Å². The van der Waals surface area contributed by atoms with Crippen LogP contribution < -0.4 is 9.47 Å². The van der Waals surface area contributed by atoms with Gasteiger partial charge in [0.15, 0.2) is 5.78 Å². The predicted octanol–water partition coefficient (Wildman–Crippen LogP) is 6.82. The summed E-state index contributed by atoms with van der Waals surface area (Å²) in [5.41, 5.74) is 4.32. The Balaban J connectivity index is 1.30. The van der Waals surface area contributed by atoms with Crippen molar-refractivity contribution in [2.75, 3.05) is 6.61 Å². The van der Waals surface area contributed by atoms with E-state index in [1.165, 1.54) is 5.57 Å². The van der Waals surface area contributed by atoms with Crippen molar-refractivity contribution in [3.63, 3.8) is 0 Å². The Labute approximate surface area is 195 Å². The molecular weight excluding hydrogens is 412 g/mol. The largest absolute Gasteiger partial charge is 0.478 e. The normalized spacial score (nSPS) is 15.7. The molecule has 5 nitrogen and oxygen atoms in total. The van der Waals surface area contributed by atoms with Crippen molar-refractivity contribution in [2.45, 2.75) is 46.0 Å². The van der Waals surface area contributed by atoms with Gasteiger partial charge in [-0.1, -0.05) is 29.8 Å². The molecule has 1 fully saturated rings. The van der Waals surface area contributed by atoms with E-state index in [0.717, 1.165) is 42.6 Å². The molecule has 1 saturated carbocycles. The van der Waals surface area contributed by atoms with Crippen LogP contribution in [0.5, 0.6) is 17.5 Å². The standard InChI is InChI=1S/C28H30N2O3/c1-3-32-27-14-12-24(19-30-27)26(31)17-22-10-8-21(9-11-22)15-23-5-4-6-25(16-23)33-28-13-7-20(2)18-29-28/h4-7,12-16,18-19,22H,3,8-11,17H2,1-2H3. The lowest BCUT2D eigenvalue weighted by Crippen LogP contribution is -2.13. The number of nitrogens with zero attached hydrogens (tertiary/aromatic N) is 2. The van der Waals surface area contributed by atoms with E-state index in [2.05, 4.69) is 22.1 Å². The van der Waals surface area contributed by atoms with E-state index in [0.29, 0.717) is 36.3 Å². The van der Waals surface area contributed by atoms with Crippen molar-refractivity contribution in [2.24, 2.45) is 5.92 Å². The van der Waals surface area contributed by atoms with E-state index in [4.69, 9.17) is 9.47 Å². The molecule has 0 spiro atoms. The first kappa shape index (κ1) is 22.7.